The van der Waals surface area contributed by atoms with Crippen LogP contribution in [0.25, 0.3) is 33.4 Å². The Bertz CT molecular complexity index is 3890. The van der Waals surface area contributed by atoms with E-state index in [4.69, 9.17) is 15.1 Å². The summed E-state index contributed by atoms with van der Waals surface area (Å²) in [5.41, 5.74) is 2.33. The Hall–Kier alpha value is -10.9. The molecule has 0 amide bonds. The molecule has 0 heterocycles. The molecule has 0 aliphatic carbocycles. The van der Waals surface area contributed by atoms with Gasteiger partial charge in [-0.1, -0.05) is 54.6 Å². The van der Waals surface area contributed by atoms with Crippen molar-refractivity contribution in [3.8, 4) is 33.4 Å². The minimum atomic E-state index is -2.92. The lowest BCUT2D eigenvalue weighted by molar-refractivity contribution is -0.479. The lowest BCUT2D eigenvalue weighted by atomic mass is 9.81. The first kappa shape index (κ1) is 67.5. The van der Waals surface area contributed by atoms with E-state index in [0.717, 1.165) is 33.4 Å². The van der Waals surface area contributed by atoms with Crippen molar-refractivity contribution in [3.63, 3.8) is 0 Å². The molecule has 0 saturated heterocycles. The summed E-state index contributed by atoms with van der Waals surface area (Å²) in [5, 5.41) is 25.2. The molecule has 12 aromatic rings. The van der Waals surface area contributed by atoms with Crippen LogP contribution in [0.4, 0.5) is 65.9 Å². The highest BCUT2D eigenvalue weighted by atomic mass is 19.2. The number of halogens is 15. The molecule has 0 N–H and O–H groups in total. The summed E-state index contributed by atoms with van der Waals surface area (Å²) in [5.74, 6) is -27.7. The molecule has 0 saturated carbocycles. The molecular weight excluding hydrogens is 1240 g/mol. The van der Waals surface area contributed by atoms with Crippen LogP contribution in [0, 0.1) is 105 Å². The van der Waals surface area contributed by atoms with Crippen LogP contribution in [0.15, 0.2) is 255 Å². The van der Waals surface area contributed by atoms with Crippen molar-refractivity contribution in [2.24, 2.45) is 0 Å². The van der Waals surface area contributed by atoms with E-state index in [1.54, 1.807) is 109 Å². The van der Waals surface area contributed by atoms with Crippen molar-refractivity contribution < 1.29 is 80.9 Å². The SMILES string of the molecule is Fc1c(F)c(F)c(-c2ccccc2[C+](c2ccccc2)c2ccccc2)c(F)c1F.Fc1c(F)c(F)c(-c2ccccc2[C+](c2ccccc2)c2ccccc2)c(F)c1F.Fc1c(F)c(F)c(-c2ccccc2[C+](c2ccccc2)c2ccccc2)c(F)c1F.[O-]B([O-])[O-]. The third-order valence-corrected chi connectivity index (χ3v) is 14.4. The smallest absolute Gasteiger partial charge is 0.200 e. The van der Waals surface area contributed by atoms with Gasteiger partial charge in [0.1, 0.15) is 0 Å². The highest BCUT2D eigenvalue weighted by molar-refractivity contribution is 6.24. The van der Waals surface area contributed by atoms with Gasteiger partial charge >= 0.3 is 0 Å². The van der Waals surface area contributed by atoms with E-state index in [1.807, 2.05) is 109 Å². The van der Waals surface area contributed by atoms with Crippen molar-refractivity contribution in [2.75, 3.05) is 0 Å². The van der Waals surface area contributed by atoms with Crippen LogP contribution < -0.4 is 15.1 Å². The lowest BCUT2D eigenvalue weighted by Gasteiger charge is -2.35. The highest BCUT2D eigenvalue weighted by Gasteiger charge is 2.36. The quantitative estimate of drug-likeness (QED) is 0.0306. The van der Waals surface area contributed by atoms with Gasteiger partial charge in [0, 0.05) is 16.7 Å². The largest absolute Gasteiger partial charge is 0.907 e. The number of hydrogen-bond donors (Lipinski definition) is 0. The molecule has 19 heteroatoms. The fraction of sp³-hybridized carbons (Fsp3) is 0. The zero-order chi connectivity index (χ0) is 67.3. The van der Waals surface area contributed by atoms with Crippen LogP contribution in [0.3, 0.4) is 0 Å². The Morgan fingerprint density at radius 1 is 0.181 bits per heavy atom. The summed E-state index contributed by atoms with van der Waals surface area (Å²) >= 11 is 0. The van der Waals surface area contributed by atoms with E-state index < -0.39 is 111 Å². The zero-order valence-electron chi connectivity index (χ0n) is 48.2. The Balaban J connectivity index is 0.000000161. The number of hydrogen-bond acceptors (Lipinski definition) is 3. The van der Waals surface area contributed by atoms with Crippen molar-refractivity contribution >= 4 is 7.32 Å². The van der Waals surface area contributed by atoms with Gasteiger partial charge < -0.3 is 15.1 Å². The predicted octanol–water partition coefficient (Wildman–Crippen LogP) is 17.3. The van der Waals surface area contributed by atoms with Crippen LogP contribution in [-0.2, 0) is 0 Å². The molecule has 0 bridgehead atoms. The predicted molar refractivity (Wildman–Crippen MR) is 321 cm³/mol. The first-order valence-corrected chi connectivity index (χ1v) is 28.0. The standard InChI is InChI=1S/3C25H14F5.BO3/c3*26-21-20(22(27)24(29)25(30)23(21)28)18-14-8-7-13-17(18)19(15-9-3-1-4-10-15)16-11-5-2-6-12-16;2-1(3)4/h3*1-14H;/q3*+1;-3. The second kappa shape index (κ2) is 30.5. The number of rotatable bonds is 12. The minimum Gasteiger partial charge on any atom is -0.907 e. The van der Waals surface area contributed by atoms with Crippen LogP contribution in [0.2, 0.25) is 0 Å². The van der Waals surface area contributed by atoms with Crippen molar-refractivity contribution in [2.45, 2.75) is 0 Å². The van der Waals surface area contributed by atoms with Gasteiger partial charge in [-0.3, -0.25) is 7.32 Å². The van der Waals surface area contributed by atoms with Crippen LogP contribution in [-0.4, -0.2) is 7.32 Å². The normalized spacial score (nSPS) is 10.7. The zero-order valence-corrected chi connectivity index (χ0v) is 48.2. The molecule has 12 rings (SSSR count). The Morgan fingerprint density at radius 3 is 0.468 bits per heavy atom. The topological polar surface area (TPSA) is 69.2 Å². The Morgan fingerprint density at radius 2 is 0.309 bits per heavy atom. The first-order chi connectivity index (χ1) is 45.2. The van der Waals surface area contributed by atoms with E-state index in [0.29, 0.717) is 34.4 Å². The first-order valence-electron chi connectivity index (χ1n) is 28.0. The minimum absolute atomic E-state index is 0.0898. The average molecular weight is 1290 g/mol. The van der Waals surface area contributed by atoms with Gasteiger partial charge in [0.2, 0.25) is 17.5 Å². The van der Waals surface area contributed by atoms with Crippen LogP contribution in [0.5, 0.6) is 0 Å². The van der Waals surface area contributed by atoms with Gasteiger partial charge in [0.15, 0.2) is 69.8 Å². The summed E-state index contributed by atoms with van der Waals surface area (Å²) in [6, 6.07) is 72.7. The highest BCUT2D eigenvalue weighted by Crippen LogP contribution is 2.44. The van der Waals surface area contributed by atoms with E-state index in [2.05, 4.69) is 0 Å². The summed E-state index contributed by atoms with van der Waals surface area (Å²) in [7, 11) is -2.92. The maximum Gasteiger partial charge on any atom is 0.200 e. The molecule has 0 aromatic heterocycles. The van der Waals surface area contributed by atoms with Gasteiger partial charge in [-0.2, -0.15) is 0 Å². The molecule has 0 spiro atoms. The summed E-state index contributed by atoms with van der Waals surface area (Å²) in [6.07, 6.45) is 0. The molecular formula is C75H42BF15O3. The van der Waals surface area contributed by atoms with Gasteiger partial charge in [0.25, 0.3) is 0 Å². The fourth-order valence-corrected chi connectivity index (χ4v) is 10.3. The molecule has 468 valence electrons. The van der Waals surface area contributed by atoms with Gasteiger partial charge in [-0.15, -0.1) is 0 Å². The Kier molecular flexibility index (Phi) is 21.9. The maximum atomic E-state index is 14.6. The van der Waals surface area contributed by atoms with E-state index in [1.165, 1.54) is 36.4 Å². The van der Waals surface area contributed by atoms with Crippen molar-refractivity contribution in [3.05, 3.63) is 410 Å². The molecule has 0 unspecified atom stereocenters. The maximum absolute atomic E-state index is 14.6. The monoisotopic (exact) mass is 1290 g/mol. The average Bonchev–Trinajstić information content (AvgIpc) is 0.777. The lowest BCUT2D eigenvalue weighted by Crippen LogP contribution is -2.56. The molecule has 0 aliphatic heterocycles. The molecule has 0 radical (unpaired) electrons. The van der Waals surface area contributed by atoms with Crippen LogP contribution >= 0.6 is 0 Å². The fourth-order valence-electron chi connectivity index (χ4n) is 10.3. The van der Waals surface area contributed by atoms with Gasteiger partial charge in [0.05, 0.1) is 84.5 Å². The van der Waals surface area contributed by atoms with Crippen LogP contribution in [0.1, 0.15) is 50.1 Å². The molecule has 94 heavy (non-hydrogen) atoms. The molecule has 0 aliphatic rings. The van der Waals surface area contributed by atoms with Crippen molar-refractivity contribution in [1.29, 1.82) is 0 Å². The third-order valence-electron chi connectivity index (χ3n) is 14.4. The van der Waals surface area contributed by atoms with E-state index in [9.17, 15) is 65.9 Å². The summed E-state index contributed by atoms with van der Waals surface area (Å²) < 4.78 is 212. The van der Waals surface area contributed by atoms with Gasteiger partial charge in [-0.05, 0) is 200 Å². The second-order valence-corrected chi connectivity index (χ2v) is 20.1. The summed E-state index contributed by atoms with van der Waals surface area (Å²) in [4.78, 5) is 0. The second-order valence-electron chi connectivity index (χ2n) is 20.1. The molecule has 12 aromatic carbocycles. The number of benzene rings is 12. The molecule has 0 atom stereocenters. The summed E-state index contributed by atoms with van der Waals surface area (Å²) in [6.45, 7) is 0. The van der Waals surface area contributed by atoms with E-state index >= 15 is 0 Å². The van der Waals surface area contributed by atoms with Gasteiger partial charge in [-0.25, -0.2) is 65.9 Å². The Labute approximate surface area is 529 Å². The molecule has 3 nitrogen and oxygen atoms in total. The molecule has 0 fully saturated rings. The third kappa shape index (κ3) is 14.4. The van der Waals surface area contributed by atoms with Crippen molar-refractivity contribution in [1.82, 2.24) is 0 Å². The van der Waals surface area contributed by atoms with E-state index in [-0.39, 0.29) is 16.7 Å².